The molecule has 18 heavy (non-hydrogen) atoms. The van der Waals surface area contributed by atoms with Crippen molar-refractivity contribution in [2.45, 2.75) is 27.2 Å². The lowest BCUT2D eigenvalue weighted by atomic mass is 10.2. The minimum atomic E-state index is -0.106. The Morgan fingerprint density at radius 1 is 1.56 bits per heavy atom. The maximum atomic E-state index is 11.8. The predicted molar refractivity (Wildman–Crippen MR) is 73.9 cm³/mol. The van der Waals surface area contributed by atoms with Gasteiger partial charge in [0.2, 0.25) is 0 Å². The molecule has 1 aromatic rings. The Hall–Kier alpha value is -1.14. The minimum Gasteiger partial charge on any atom is -0.381 e. The Bertz CT molecular complexity index is 391. The minimum absolute atomic E-state index is 0.106. The second kappa shape index (κ2) is 7.33. The number of hydrogen-bond acceptors (Lipinski definition) is 5. The summed E-state index contributed by atoms with van der Waals surface area (Å²) in [4.78, 5) is 16.4. The molecule has 3 N–H and O–H groups in total. The predicted octanol–water partition coefficient (Wildman–Crippen LogP) is 1.83. The van der Waals surface area contributed by atoms with E-state index in [9.17, 15) is 4.79 Å². The summed E-state index contributed by atoms with van der Waals surface area (Å²) >= 11 is 1.22. The Morgan fingerprint density at radius 3 is 2.83 bits per heavy atom. The number of carbonyl (C=O) groups is 1. The third-order valence-corrected chi connectivity index (χ3v) is 3.21. The molecule has 0 aliphatic heterocycles. The first-order valence-corrected chi connectivity index (χ1v) is 6.91. The average molecular weight is 271 g/mol. The molecule has 0 atom stereocenters. The molecule has 0 saturated heterocycles. The Kier molecular flexibility index (Phi) is 6.07. The first kappa shape index (κ1) is 14.9. The van der Waals surface area contributed by atoms with Crippen LogP contribution in [0.3, 0.4) is 0 Å². The van der Waals surface area contributed by atoms with Gasteiger partial charge < -0.3 is 15.8 Å². The molecule has 0 fully saturated rings. The van der Waals surface area contributed by atoms with Gasteiger partial charge in [-0.05, 0) is 19.3 Å². The molecule has 0 aliphatic rings. The molecule has 0 bridgehead atoms. The maximum Gasteiger partial charge on any atom is 0.263 e. The molecular formula is C12H21N3O2S. The van der Waals surface area contributed by atoms with Crippen LogP contribution in [0.15, 0.2) is 0 Å². The highest BCUT2D eigenvalue weighted by Gasteiger charge is 2.13. The van der Waals surface area contributed by atoms with E-state index < -0.39 is 0 Å². The summed E-state index contributed by atoms with van der Waals surface area (Å²) in [5.41, 5.74) is 6.23. The average Bonchev–Trinajstić information content (AvgIpc) is 2.62. The number of nitrogens with two attached hydrogens (primary N) is 1. The molecule has 5 nitrogen and oxygen atoms in total. The van der Waals surface area contributed by atoms with Crippen LogP contribution in [0, 0.1) is 12.8 Å². The number of ether oxygens (including phenoxy) is 1. The van der Waals surface area contributed by atoms with E-state index in [-0.39, 0.29) is 5.91 Å². The number of anilines is 1. The number of rotatable bonds is 7. The van der Waals surface area contributed by atoms with Crippen LogP contribution in [0.1, 0.15) is 35.6 Å². The molecule has 1 rings (SSSR count). The number of nitrogen functional groups attached to an aromatic ring is 1. The van der Waals surface area contributed by atoms with Crippen molar-refractivity contribution in [3.05, 3.63) is 10.6 Å². The molecule has 0 aliphatic carbocycles. The number of nitrogens with one attached hydrogen (secondary N) is 1. The zero-order valence-electron chi connectivity index (χ0n) is 11.2. The van der Waals surface area contributed by atoms with Gasteiger partial charge in [0.05, 0.1) is 5.69 Å². The fourth-order valence-corrected chi connectivity index (χ4v) is 2.15. The molecule has 102 valence electrons. The molecule has 1 amide bonds. The van der Waals surface area contributed by atoms with Crippen LogP contribution in [0.4, 0.5) is 5.13 Å². The van der Waals surface area contributed by atoms with E-state index in [1.165, 1.54) is 11.3 Å². The number of hydrogen-bond donors (Lipinski definition) is 2. The molecule has 0 aromatic carbocycles. The lowest BCUT2D eigenvalue weighted by molar-refractivity contribution is 0.0928. The fourth-order valence-electron chi connectivity index (χ4n) is 1.40. The van der Waals surface area contributed by atoms with Crippen LogP contribution in [0.2, 0.25) is 0 Å². The number of aromatic nitrogens is 1. The van der Waals surface area contributed by atoms with Crippen molar-refractivity contribution in [1.29, 1.82) is 0 Å². The van der Waals surface area contributed by atoms with E-state index in [1.807, 2.05) is 0 Å². The van der Waals surface area contributed by atoms with Crippen molar-refractivity contribution in [2.24, 2.45) is 5.92 Å². The second-order valence-corrected chi connectivity index (χ2v) is 5.58. The van der Waals surface area contributed by atoms with Crippen molar-refractivity contribution >= 4 is 22.4 Å². The highest BCUT2D eigenvalue weighted by molar-refractivity contribution is 7.17. The van der Waals surface area contributed by atoms with Crippen molar-refractivity contribution in [3.8, 4) is 0 Å². The summed E-state index contributed by atoms with van der Waals surface area (Å²) in [6, 6.07) is 0. The maximum absolute atomic E-state index is 11.8. The van der Waals surface area contributed by atoms with Crippen LogP contribution >= 0.6 is 11.3 Å². The van der Waals surface area contributed by atoms with E-state index >= 15 is 0 Å². The third-order valence-electron chi connectivity index (χ3n) is 2.22. The lowest BCUT2D eigenvalue weighted by Crippen LogP contribution is -2.25. The monoisotopic (exact) mass is 271 g/mol. The molecule has 0 spiro atoms. The number of carbonyl (C=O) groups excluding carboxylic acids is 1. The quantitative estimate of drug-likeness (QED) is 0.742. The van der Waals surface area contributed by atoms with E-state index in [0.717, 1.165) is 13.0 Å². The zero-order valence-corrected chi connectivity index (χ0v) is 12.0. The molecule has 0 radical (unpaired) electrons. The smallest absolute Gasteiger partial charge is 0.263 e. The lowest BCUT2D eigenvalue weighted by Gasteiger charge is -2.07. The Morgan fingerprint density at radius 2 is 2.28 bits per heavy atom. The van der Waals surface area contributed by atoms with Gasteiger partial charge in [-0.3, -0.25) is 4.79 Å². The van der Waals surface area contributed by atoms with Crippen LogP contribution in [-0.2, 0) is 4.74 Å². The van der Waals surface area contributed by atoms with Gasteiger partial charge in [0, 0.05) is 19.8 Å². The number of nitrogens with zero attached hydrogens (tertiary/aromatic N) is 1. The summed E-state index contributed by atoms with van der Waals surface area (Å²) in [6.07, 6.45) is 0.811. The van der Waals surface area contributed by atoms with Crippen LogP contribution in [-0.4, -0.2) is 30.6 Å². The highest BCUT2D eigenvalue weighted by Crippen LogP contribution is 2.19. The largest absolute Gasteiger partial charge is 0.381 e. The third kappa shape index (κ3) is 5.01. The Labute approximate surface area is 112 Å². The van der Waals surface area contributed by atoms with Gasteiger partial charge in [-0.15, -0.1) is 0 Å². The first-order valence-electron chi connectivity index (χ1n) is 6.09. The molecule has 1 heterocycles. The van der Waals surface area contributed by atoms with E-state index in [1.54, 1.807) is 6.92 Å². The van der Waals surface area contributed by atoms with E-state index in [2.05, 4.69) is 24.1 Å². The van der Waals surface area contributed by atoms with Gasteiger partial charge in [0.25, 0.3) is 5.91 Å². The van der Waals surface area contributed by atoms with Gasteiger partial charge in [-0.2, -0.15) is 0 Å². The molecule has 0 saturated carbocycles. The molecule has 6 heteroatoms. The number of aryl methyl sites for hydroxylation is 1. The number of thiazole rings is 1. The summed E-state index contributed by atoms with van der Waals surface area (Å²) in [5.74, 6) is 0.438. The van der Waals surface area contributed by atoms with Crippen molar-refractivity contribution in [3.63, 3.8) is 0 Å². The zero-order chi connectivity index (χ0) is 13.5. The molecule has 1 aromatic heterocycles. The normalized spacial score (nSPS) is 10.9. The first-order chi connectivity index (χ1) is 8.50. The van der Waals surface area contributed by atoms with Crippen molar-refractivity contribution in [1.82, 2.24) is 10.3 Å². The Balaban J connectivity index is 2.20. The summed E-state index contributed by atoms with van der Waals surface area (Å²) < 4.78 is 5.43. The van der Waals surface area contributed by atoms with Crippen molar-refractivity contribution < 1.29 is 9.53 Å². The second-order valence-electron chi connectivity index (χ2n) is 4.54. The van der Waals surface area contributed by atoms with Gasteiger partial charge in [-0.1, -0.05) is 25.2 Å². The van der Waals surface area contributed by atoms with Gasteiger partial charge in [0.15, 0.2) is 5.13 Å². The highest BCUT2D eigenvalue weighted by atomic mass is 32.1. The van der Waals surface area contributed by atoms with E-state index in [4.69, 9.17) is 10.5 Å². The standard InChI is InChI=1S/C12H21N3O2S/c1-8(2)7-17-6-4-5-14-11(16)10-9(3)15-12(13)18-10/h8H,4-7H2,1-3H3,(H2,13,15)(H,14,16). The SMILES string of the molecule is Cc1nc(N)sc1C(=O)NCCCOCC(C)C. The van der Waals surface area contributed by atoms with Crippen LogP contribution in [0.5, 0.6) is 0 Å². The van der Waals surface area contributed by atoms with E-state index in [0.29, 0.717) is 34.8 Å². The number of amides is 1. The summed E-state index contributed by atoms with van der Waals surface area (Å²) in [7, 11) is 0. The van der Waals surface area contributed by atoms with Crippen LogP contribution in [0.25, 0.3) is 0 Å². The molecule has 0 unspecified atom stereocenters. The topological polar surface area (TPSA) is 77.2 Å². The van der Waals surface area contributed by atoms with Crippen LogP contribution < -0.4 is 11.1 Å². The van der Waals surface area contributed by atoms with Gasteiger partial charge in [0.1, 0.15) is 4.88 Å². The van der Waals surface area contributed by atoms with Crippen molar-refractivity contribution in [2.75, 3.05) is 25.5 Å². The van der Waals surface area contributed by atoms with Gasteiger partial charge >= 0.3 is 0 Å². The molecular weight excluding hydrogens is 250 g/mol. The fraction of sp³-hybridized carbons (Fsp3) is 0.667. The summed E-state index contributed by atoms with van der Waals surface area (Å²) in [6.45, 7) is 8.04. The summed E-state index contributed by atoms with van der Waals surface area (Å²) in [5, 5.41) is 3.27. The van der Waals surface area contributed by atoms with Gasteiger partial charge in [-0.25, -0.2) is 4.98 Å².